The van der Waals surface area contributed by atoms with E-state index in [1.807, 2.05) is 0 Å². The molecule has 0 nitrogen and oxygen atoms in total. The molecule has 0 atom stereocenters. The zero-order valence-electron chi connectivity index (χ0n) is 23.1. The average Bonchev–Trinajstić information content (AvgIpc) is 3.49. The van der Waals surface area contributed by atoms with Crippen LogP contribution >= 0.6 is 0 Å². The van der Waals surface area contributed by atoms with E-state index in [-0.39, 0.29) is 34.9 Å². The normalized spacial score (nSPS) is 10.6. The maximum Gasteiger partial charge on any atom is -1.00 e. The molecule has 0 radical (unpaired) electrons. The summed E-state index contributed by atoms with van der Waals surface area (Å²) >= 11 is 1.52. The molecular weight excluding hydrogens is 730 g/mol. The maximum absolute atomic E-state index is 2.40. The van der Waals surface area contributed by atoms with Crippen molar-refractivity contribution in [3.8, 4) is 0 Å². The van der Waals surface area contributed by atoms with Gasteiger partial charge in [-0.05, 0) is 22.6 Å². The van der Waals surface area contributed by atoms with E-state index in [1.54, 1.807) is 0 Å². The summed E-state index contributed by atoms with van der Waals surface area (Å²) in [5.74, 6) is 6.00. The van der Waals surface area contributed by atoms with Gasteiger partial charge in [0.15, 0.2) is 0 Å². The van der Waals surface area contributed by atoms with Crippen LogP contribution in [0.25, 0.3) is 43.1 Å². The molecule has 0 bridgehead atoms. The molecule has 0 aliphatic rings. The molecule has 0 saturated carbocycles. The zero-order valence-corrected chi connectivity index (χ0v) is 30.4. The van der Waals surface area contributed by atoms with E-state index in [0.29, 0.717) is 11.8 Å². The minimum absolute atomic E-state index is 0. The topological polar surface area (TPSA) is 0 Å². The molecule has 0 fully saturated rings. The summed E-state index contributed by atoms with van der Waals surface area (Å²) in [5, 5.41) is 10.9. The van der Waals surface area contributed by atoms with Crippen LogP contribution in [0.1, 0.15) is 50.7 Å². The van der Waals surface area contributed by atoms with E-state index in [0.717, 1.165) is 0 Å². The van der Waals surface area contributed by atoms with E-state index < -0.39 is 0 Å². The molecule has 0 amide bonds. The molecule has 6 aromatic carbocycles. The summed E-state index contributed by atoms with van der Waals surface area (Å²) in [6.07, 6.45) is 0. The van der Waals surface area contributed by atoms with Gasteiger partial charge >= 0.3 is 42.8 Å². The summed E-state index contributed by atoms with van der Waals surface area (Å²) in [4.78, 5) is 0. The SMILES string of the molecule is CC(C)c1cc2c(ccc3ccccc32)[cH-]1.CC(C)c1cc2c(ccc3ccccc32)[cH-]1.[CH3][Ge]([CH3])=[Hf+2].[Cl-].[Cl-]. The smallest absolute Gasteiger partial charge is 1.00 e. The Labute approximate surface area is 256 Å². The molecule has 4 heteroatoms. The van der Waals surface area contributed by atoms with Crippen LogP contribution < -0.4 is 24.8 Å². The molecule has 0 aromatic heterocycles. The zero-order chi connectivity index (χ0) is 25.8. The van der Waals surface area contributed by atoms with E-state index in [2.05, 4.69) is 136 Å². The van der Waals surface area contributed by atoms with Gasteiger partial charge in [-0.15, -0.1) is 56.9 Å². The Balaban J connectivity index is 0.000000224. The molecule has 6 rings (SSSR count). The number of benzene rings is 4. The fourth-order valence-electron chi connectivity index (χ4n) is 4.64. The number of hydrogen-bond donors (Lipinski definition) is 0. The van der Waals surface area contributed by atoms with Gasteiger partial charge in [-0.25, -0.2) is 0 Å². The molecule has 0 heterocycles. The summed E-state index contributed by atoms with van der Waals surface area (Å²) in [5.41, 5.74) is 2.87. The quantitative estimate of drug-likeness (QED) is 0.181. The van der Waals surface area contributed by atoms with Gasteiger partial charge in [-0.2, -0.15) is 12.1 Å². The molecule has 38 heavy (non-hydrogen) atoms. The van der Waals surface area contributed by atoms with Gasteiger partial charge in [0.2, 0.25) is 0 Å². The predicted octanol–water partition coefficient (Wildman–Crippen LogP) is 4.46. The van der Waals surface area contributed by atoms with Crippen molar-refractivity contribution >= 4 is 53.1 Å². The summed E-state index contributed by atoms with van der Waals surface area (Å²) in [6.45, 7) is 8.99. The van der Waals surface area contributed by atoms with Crippen molar-refractivity contribution < 1.29 is 46.1 Å². The standard InChI is InChI=1S/2C16H15.C2H6Ge.2ClH.Hf/c2*1-11(2)14-9-13-8-7-12-5-3-4-6-15(12)16(13)10-14;1-3-2;;;/h2*3-11H,1-2H3;1-2H3;2*1H;/q2*-1;;;;+2/p-2. The first kappa shape index (κ1) is 32.8. The third-order valence-electron chi connectivity index (χ3n) is 6.61. The molecule has 6 aromatic rings. The van der Waals surface area contributed by atoms with E-state index in [9.17, 15) is 0 Å². The van der Waals surface area contributed by atoms with Crippen molar-refractivity contribution in [2.75, 3.05) is 0 Å². The fraction of sp³-hybridized carbons (Fsp3) is 0.235. The van der Waals surface area contributed by atoms with Crippen LogP contribution in [-0.2, 0) is 21.3 Å². The number of rotatable bonds is 2. The van der Waals surface area contributed by atoms with Gasteiger partial charge in [0.25, 0.3) is 0 Å². The third kappa shape index (κ3) is 7.84. The average molecular weight is 767 g/mol. The summed E-state index contributed by atoms with van der Waals surface area (Å²) in [6, 6.07) is 35.4. The van der Waals surface area contributed by atoms with Crippen LogP contribution in [0.5, 0.6) is 0 Å². The summed E-state index contributed by atoms with van der Waals surface area (Å²) < 4.78 is 0. The first-order chi connectivity index (χ1) is 17.2. The largest absolute Gasteiger partial charge is 1.00 e. The second-order valence-electron chi connectivity index (χ2n) is 10.5. The van der Waals surface area contributed by atoms with Gasteiger partial charge < -0.3 is 24.8 Å². The number of hydrogen-bond acceptors (Lipinski definition) is 0. The van der Waals surface area contributed by atoms with Gasteiger partial charge in [0.05, 0.1) is 0 Å². The van der Waals surface area contributed by atoms with Crippen LogP contribution in [0.4, 0.5) is 0 Å². The number of halogens is 2. The van der Waals surface area contributed by atoms with E-state index in [4.69, 9.17) is 0 Å². The van der Waals surface area contributed by atoms with Crippen molar-refractivity contribution in [1.29, 1.82) is 0 Å². The minimum Gasteiger partial charge on any atom is -1.00 e. The minimum atomic E-state index is -0.194. The Kier molecular flexibility index (Phi) is 12.8. The van der Waals surface area contributed by atoms with Crippen LogP contribution in [0, 0.1) is 0 Å². The number of fused-ring (bicyclic) bond motifs is 6. The Hall–Kier alpha value is -1.39. The van der Waals surface area contributed by atoms with Crippen LogP contribution in [-0.4, -0.2) is 10.1 Å². The van der Waals surface area contributed by atoms with Crippen LogP contribution in [0.15, 0.2) is 97.1 Å². The van der Waals surface area contributed by atoms with Crippen molar-refractivity contribution in [2.45, 2.75) is 51.0 Å². The van der Waals surface area contributed by atoms with Gasteiger partial charge in [0.1, 0.15) is 0 Å². The monoisotopic (exact) mass is 768 g/mol. The van der Waals surface area contributed by atoms with Crippen molar-refractivity contribution in [1.82, 2.24) is 0 Å². The molecule has 0 aliphatic heterocycles. The van der Waals surface area contributed by atoms with Gasteiger partial charge in [-0.1, -0.05) is 99.1 Å². The van der Waals surface area contributed by atoms with Crippen LogP contribution in [0.2, 0.25) is 11.5 Å². The molecule has 0 saturated heterocycles. The van der Waals surface area contributed by atoms with E-state index in [1.165, 1.54) is 75.5 Å². The molecular formula is C34H36Cl2GeHf-2. The molecule has 196 valence electrons. The Morgan fingerprint density at radius 1 is 0.553 bits per heavy atom. The van der Waals surface area contributed by atoms with Crippen molar-refractivity contribution in [3.05, 3.63) is 108 Å². The van der Waals surface area contributed by atoms with Crippen molar-refractivity contribution in [3.63, 3.8) is 0 Å². The van der Waals surface area contributed by atoms with Gasteiger partial charge in [0, 0.05) is 0 Å². The van der Waals surface area contributed by atoms with E-state index >= 15 is 0 Å². The van der Waals surface area contributed by atoms with Crippen molar-refractivity contribution in [2.24, 2.45) is 0 Å². The second kappa shape index (κ2) is 14.8. The second-order valence-corrected chi connectivity index (χ2v) is 33.3. The first-order valence-corrected chi connectivity index (χ1v) is 27.5. The molecule has 0 aliphatic carbocycles. The fourth-order valence-corrected chi connectivity index (χ4v) is 4.64. The Morgan fingerprint density at radius 2 is 0.895 bits per heavy atom. The summed E-state index contributed by atoms with van der Waals surface area (Å²) in [7, 11) is -0.194. The molecule has 0 spiro atoms. The molecule has 0 N–H and O–H groups in total. The first-order valence-electron chi connectivity index (χ1n) is 12.9. The van der Waals surface area contributed by atoms with Crippen LogP contribution in [0.3, 0.4) is 0 Å². The Bertz CT molecular complexity index is 1520. The third-order valence-corrected chi connectivity index (χ3v) is 6.61. The van der Waals surface area contributed by atoms with Gasteiger partial charge in [-0.3, -0.25) is 0 Å². The predicted molar refractivity (Wildman–Crippen MR) is 160 cm³/mol. The maximum atomic E-state index is 2.40. The Morgan fingerprint density at radius 3 is 1.24 bits per heavy atom. The molecule has 0 unspecified atom stereocenters.